The van der Waals surface area contributed by atoms with Crippen molar-refractivity contribution in [2.24, 2.45) is 11.7 Å². The van der Waals surface area contributed by atoms with Gasteiger partial charge in [-0.2, -0.15) is 0 Å². The predicted molar refractivity (Wildman–Crippen MR) is 75.1 cm³/mol. The van der Waals surface area contributed by atoms with Crippen molar-refractivity contribution in [3.63, 3.8) is 0 Å². The van der Waals surface area contributed by atoms with E-state index in [0.29, 0.717) is 24.0 Å². The smallest absolute Gasteiger partial charge is 0.314 e. The van der Waals surface area contributed by atoms with Gasteiger partial charge in [0.25, 0.3) is 0 Å². The van der Waals surface area contributed by atoms with Crippen LogP contribution in [0.15, 0.2) is 12.1 Å². The highest BCUT2D eigenvalue weighted by Crippen LogP contribution is 2.21. The van der Waals surface area contributed by atoms with Crippen molar-refractivity contribution in [2.75, 3.05) is 13.1 Å². The molecule has 0 unspecified atom stereocenters. The molecule has 1 aliphatic rings. The maximum Gasteiger partial charge on any atom is 0.314 e. The zero-order chi connectivity index (χ0) is 13.8. The molecule has 2 rings (SSSR count). The monoisotopic (exact) mass is 301 g/mol. The van der Waals surface area contributed by atoms with Crippen LogP contribution in [-0.2, 0) is 11.3 Å². The van der Waals surface area contributed by atoms with E-state index in [9.17, 15) is 9.59 Å². The van der Waals surface area contributed by atoms with Crippen molar-refractivity contribution in [1.29, 1.82) is 0 Å². The Balaban J connectivity index is 1.84. The molecule has 104 valence electrons. The first-order valence-electron chi connectivity index (χ1n) is 6.12. The molecule has 3 N–H and O–H groups in total. The van der Waals surface area contributed by atoms with E-state index >= 15 is 0 Å². The normalized spacial score (nSPS) is 19.2. The predicted octanol–water partition coefficient (Wildman–Crippen LogP) is 1.81. The largest absolute Gasteiger partial charge is 0.351 e. The van der Waals surface area contributed by atoms with E-state index in [4.69, 9.17) is 17.3 Å². The molecule has 1 aromatic heterocycles. The van der Waals surface area contributed by atoms with Crippen LogP contribution in [0.1, 0.15) is 17.7 Å². The molecule has 1 fully saturated rings. The summed E-state index contributed by atoms with van der Waals surface area (Å²) in [6.07, 6.45) is 1.60. The number of primary amides is 1. The molecule has 0 saturated carbocycles. The minimum Gasteiger partial charge on any atom is -0.351 e. The van der Waals surface area contributed by atoms with Crippen molar-refractivity contribution in [3.8, 4) is 0 Å². The summed E-state index contributed by atoms with van der Waals surface area (Å²) in [6.45, 7) is 1.52. The Labute approximate surface area is 120 Å². The zero-order valence-electron chi connectivity index (χ0n) is 10.4. The minimum atomic E-state index is -0.456. The number of nitrogens with one attached hydrogen (secondary N) is 1. The van der Waals surface area contributed by atoms with Crippen LogP contribution in [-0.4, -0.2) is 29.9 Å². The Kier molecular flexibility index (Phi) is 4.66. The van der Waals surface area contributed by atoms with Gasteiger partial charge in [0.05, 0.1) is 16.8 Å². The maximum absolute atomic E-state index is 12.0. The third-order valence-electron chi connectivity index (χ3n) is 3.17. The molecule has 0 radical (unpaired) electrons. The number of hydrogen-bond donors (Lipinski definition) is 2. The van der Waals surface area contributed by atoms with Gasteiger partial charge < -0.3 is 16.0 Å². The lowest BCUT2D eigenvalue weighted by Crippen LogP contribution is -2.47. The molecule has 1 saturated heterocycles. The highest BCUT2D eigenvalue weighted by Gasteiger charge is 2.27. The number of piperidine rings is 1. The topological polar surface area (TPSA) is 75.4 Å². The Morgan fingerprint density at radius 3 is 2.95 bits per heavy atom. The minimum absolute atomic E-state index is 0.0320. The molecule has 0 bridgehead atoms. The summed E-state index contributed by atoms with van der Waals surface area (Å²) in [4.78, 5) is 25.7. The van der Waals surface area contributed by atoms with Crippen LogP contribution < -0.4 is 11.1 Å². The van der Waals surface area contributed by atoms with Gasteiger partial charge in [-0.15, -0.1) is 11.3 Å². The fourth-order valence-corrected chi connectivity index (χ4v) is 3.18. The van der Waals surface area contributed by atoms with Crippen molar-refractivity contribution in [1.82, 2.24) is 10.2 Å². The molecule has 1 atom stereocenters. The second-order valence-corrected chi connectivity index (χ2v) is 6.35. The second-order valence-electron chi connectivity index (χ2n) is 4.55. The number of carbonyl (C=O) groups excluding carboxylic acids is 2. The average molecular weight is 302 g/mol. The summed E-state index contributed by atoms with van der Waals surface area (Å²) in [5.74, 6) is -0.202. The van der Waals surface area contributed by atoms with Crippen LogP contribution >= 0.6 is 22.9 Å². The third kappa shape index (κ3) is 3.84. The summed E-state index contributed by atoms with van der Waals surface area (Å²) in [7, 11) is 0. The Morgan fingerprint density at radius 1 is 1.53 bits per heavy atom. The Bertz CT molecular complexity index is 477. The van der Waals surface area contributed by atoms with E-state index in [1.165, 1.54) is 16.2 Å². The van der Waals surface area contributed by atoms with Gasteiger partial charge >= 0.3 is 6.03 Å². The molecule has 7 heteroatoms. The van der Waals surface area contributed by atoms with E-state index in [1.807, 2.05) is 12.1 Å². The lowest BCUT2D eigenvalue weighted by atomic mass is 9.97. The Hall–Kier alpha value is -1.27. The molecule has 3 amide bonds. The van der Waals surface area contributed by atoms with E-state index in [1.54, 1.807) is 0 Å². The first kappa shape index (κ1) is 14.1. The molecule has 19 heavy (non-hydrogen) atoms. The lowest BCUT2D eigenvalue weighted by Gasteiger charge is -2.30. The summed E-state index contributed by atoms with van der Waals surface area (Å²) < 4.78 is 0.710. The van der Waals surface area contributed by atoms with E-state index in [0.717, 1.165) is 17.7 Å². The van der Waals surface area contributed by atoms with Crippen LogP contribution in [0.25, 0.3) is 0 Å². The van der Waals surface area contributed by atoms with Gasteiger partial charge in [0.1, 0.15) is 0 Å². The van der Waals surface area contributed by atoms with Crippen molar-refractivity contribution in [2.45, 2.75) is 19.4 Å². The first-order chi connectivity index (χ1) is 9.06. The van der Waals surface area contributed by atoms with E-state index in [-0.39, 0.29) is 11.8 Å². The van der Waals surface area contributed by atoms with Crippen LogP contribution in [0.2, 0.25) is 4.34 Å². The Morgan fingerprint density at radius 2 is 2.32 bits per heavy atom. The summed E-state index contributed by atoms with van der Waals surface area (Å²) in [5, 5.41) is 2.88. The number of nitrogens with zero attached hydrogens (tertiary/aromatic N) is 1. The number of likely N-dealkylation sites (tertiary alicyclic amines) is 1. The summed E-state index contributed by atoms with van der Waals surface area (Å²) in [6, 6.07) is 3.25. The second kappa shape index (κ2) is 6.25. The highest BCUT2D eigenvalue weighted by molar-refractivity contribution is 7.16. The van der Waals surface area contributed by atoms with Gasteiger partial charge in [0.15, 0.2) is 0 Å². The van der Waals surface area contributed by atoms with Crippen LogP contribution in [0, 0.1) is 5.92 Å². The number of amides is 3. The molecule has 1 aromatic rings. The average Bonchev–Trinajstić information content (AvgIpc) is 2.82. The zero-order valence-corrected chi connectivity index (χ0v) is 12.0. The number of thiophene rings is 1. The third-order valence-corrected chi connectivity index (χ3v) is 4.40. The lowest BCUT2D eigenvalue weighted by molar-refractivity contribution is -0.126. The number of rotatable bonds is 3. The van der Waals surface area contributed by atoms with Crippen molar-refractivity contribution < 1.29 is 9.59 Å². The number of urea groups is 1. The first-order valence-corrected chi connectivity index (χ1v) is 7.32. The standard InChI is InChI=1S/C12H16ClN3O2S/c13-10-4-3-9(19-10)6-15-11(17)8-2-1-5-16(7-8)12(14)18/h3-4,8H,1-2,5-7H2,(H2,14,18)(H,15,17)/t8-/m1/s1. The fraction of sp³-hybridized carbons (Fsp3) is 0.500. The van der Waals surface area contributed by atoms with Crippen LogP contribution in [0.4, 0.5) is 4.79 Å². The van der Waals surface area contributed by atoms with Gasteiger partial charge in [0.2, 0.25) is 5.91 Å². The van der Waals surface area contributed by atoms with E-state index < -0.39 is 6.03 Å². The van der Waals surface area contributed by atoms with Gasteiger partial charge in [-0.05, 0) is 25.0 Å². The number of halogens is 1. The number of hydrogen-bond acceptors (Lipinski definition) is 3. The van der Waals surface area contributed by atoms with Gasteiger partial charge in [-0.3, -0.25) is 4.79 Å². The molecule has 1 aliphatic heterocycles. The van der Waals surface area contributed by atoms with Gasteiger partial charge in [-0.1, -0.05) is 11.6 Å². The molecule has 0 spiro atoms. The summed E-state index contributed by atoms with van der Waals surface area (Å²) in [5.41, 5.74) is 5.24. The van der Waals surface area contributed by atoms with Crippen LogP contribution in [0.3, 0.4) is 0 Å². The molecular formula is C12H16ClN3O2S. The van der Waals surface area contributed by atoms with E-state index in [2.05, 4.69) is 5.32 Å². The van der Waals surface area contributed by atoms with Gasteiger partial charge in [0, 0.05) is 18.0 Å². The fourth-order valence-electron chi connectivity index (χ4n) is 2.16. The maximum atomic E-state index is 12.0. The molecule has 0 aromatic carbocycles. The molecular weight excluding hydrogens is 286 g/mol. The summed E-state index contributed by atoms with van der Waals surface area (Å²) >= 11 is 7.27. The van der Waals surface area contributed by atoms with Crippen LogP contribution in [0.5, 0.6) is 0 Å². The highest BCUT2D eigenvalue weighted by atomic mass is 35.5. The van der Waals surface area contributed by atoms with Crippen molar-refractivity contribution in [3.05, 3.63) is 21.3 Å². The molecule has 5 nitrogen and oxygen atoms in total. The number of nitrogens with two attached hydrogens (primary N) is 1. The quantitative estimate of drug-likeness (QED) is 0.893. The SMILES string of the molecule is NC(=O)N1CCC[C@@H](C(=O)NCc2ccc(Cl)s2)C1. The van der Waals surface area contributed by atoms with Gasteiger partial charge in [-0.25, -0.2) is 4.79 Å². The van der Waals surface area contributed by atoms with Crippen molar-refractivity contribution >= 4 is 34.9 Å². The number of carbonyl (C=O) groups is 2. The molecule has 0 aliphatic carbocycles. The molecule has 2 heterocycles.